The van der Waals surface area contributed by atoms with Crippen LogP contribution in [0, 0.1) is 0 Å². The van der Waals surface area contributed by atoms with Crippen LogP contribution in [-0.4, -0.2) is 42.7 Å². The highest BCUT2D eigenvalue weighted by Crippen LogP contribution is 2.19. The summed E-state index contributed by atoms with van der Waals surface area (Å²) in [7, 11) is 0. The van der Waals surface area contributed by atoms with Crippen LogP contribution in [0.5, 0.6) is 5.75 Å². The van der Waals surface area contributed by atoms with E-state index in [0.29, 0.717) is 12.8 Å². The number of nitrogens with two attached hydrogens (primary N) is 1. The summed E-state index contributed by atoms with van der Waals surface area (Å²) in [5, 5.41) is 16.9. The number of aryl methyl sites for hydroxylation is 2. The van der Waals surface area contributed by atoms with Crippen molar-refractivity contribution >= 4 is 11.8 Å². The Labute approximate surface area is 212 Å². The Hall–Kier alpha value is -3.75. The van der Waals surface area contributed by atoms with Crippen LogP contribution in [0.15, 0.2) is 48.9 Å². The minimum absolute atomic E-state index is 0.143. The van der Waals surface area contributed by atoms with Crippen LogP contribution in [0.4, 0.5) is 0 Å². The van der Waals surface area contributed by atoms with Gasteiger partial charge in [0.1, 0.15) is 23.2 Å². The third kappa shape index (κ3) is 8.48. The molecule has 1 aromatic carbocycles. The summed E-state index contributed by atoms with van der Waals surface area (Å²) in [6.45, 7) is 3.05. The number of hydrogen-bond acceptors (Lipinski definition) is 6. The Morgan fingerprint density at radius 3 is 2.56 bits per heavy atom. The number of hydrogen-bond donors (Lipinski definition) is 3. The standard InChI is InChI=1S/C27H36N6O3/c1-2-3-4-7-16-33-21(18-23(32-33)25-19-29-14-15-30-25)8-5-6-9-26(35)31-24(27(28)36)17-20-10-12-22(34)13-11-20/h10-15,18-19,24,34H,2-9,16-17H2,1H3,(H2,28,36)(H,31,35)/t24-/m0/s1. The molecular weight excluding hydrogens is 456 g/mol. The van der Waals surface area contributed by atoms with E-state index < -0.39 is 11.9 Å². The fourth-order valence-electron chi connectivity index (χ4n) is 4.04. The van der Waals surface area contributed by atoms with Crippen molar-refractivity contribution in [1.82, 2.24) is 25.1 Å². The predicted molar refractivity (Wildman–Crippen MR) is 138 cm³/mol. The summed E-state index contributed by atoms with van der Waals surface area (Å²) < 4.78 is 2.06. The SMILES string of the molecule is CCCCCCn1nc(-c2cnccn2)cc1CCCCC(=O)N[C@@H](Cc1ccc(O)cc1)C(N)=O. The number of nitrogens with zero attached hydrogens (tertiary/aromatic N) is 4. The maximum atomic E-state index is 12.5. The molecule has 0 spiro atoms. The van der Waals surface area contributed by atoms with E-state index >= 15 is 0 Å². The van der Waals surface area contributed by atoms with Crippen LogP contribution in [0.3, 0.4) is 0 Å². The third-order valence-electron chi connectivity index (χ3n) is 6.05. The van der Waals surface area contributed by atoms with Gasteiger partial charge in [-0.1, -0.05) is 38.3 Å². The minimum atomic E-state index is -0.791. The average molecular weight is 493 g/mol. The Balaban J connectivity index is 1.52. The zero-order valence-corrected chi connectivity index (χ0v) is 20.9. The van der Waals surface area contributed by atoms with Gasteiger partial charge in [0.2, 0.25) is 11.8 Å². The Bertz CT molecular complexity index is 1100. The lowest BCUT2D eigenvalue weighted by Crippen LogP contribution is -2.45. The van der Waals surface area contributed by atoms with Gasteiger partial charge in [0.05, 0.1) is 6.20 Å². The quantitative estimate of drug-likeness (QED) is 0.278. The molecule has 9 nitrogen and oxygen atoms in total. The van der Waals surface area contributed by atoms with Gasteiger partial charge in [-0.15, -0.1) is 0 Å². The number of aromatic nitrogens is 4. The second kappa shape index (κ2) is 14.0. The van der Waals surface area contributed by atoms with E-state index in [4.69, 9.17) is 10.8 Å². The Kier molecular flexibility index (Phi) is 10.4. The number of primary amides is 1. The van der Waals surface area contributed by atoms with Crippen molar-refractivity contribution in [2.24, 2.45) is 5.73 Å². The first-order valence-corrected chi connectivity index (χ1v) is 12.7. The highest BCUT2D eigenvalue weighted by atomic mass is 16.3. The molecule has 1 atom stereocenters. The Morgan fingerprint density at radius 2 is 1.86 bits per heavy atom. The number of phenols is 1. The van der Waals surface area contributed by atoms with Gasteiger partial charge in [-0.2, -0.15) is 5.10 Å². The number of rotatable bonds is 15. The molecular formula is C27H36N6O3. The summed E-state index contributed by atoms with van der Waals surface area (Å²) in [4.78, 5) is 32.8. The molecule has 3 rings (SSSR count). The molecule has 0 saturated carbocycles. The van der Waals surface area contributed by atoms with Gasteiger partial charge < -0.3 is 16.2 Å². The van der Waals surface area contributed by atoms with E-state index in [1.807, 2.05) is 0 Å². The first kappa shape index (κ1) is 26.8. The smallest absolute Gasteiger partial charge is 0.240 e. The van der Waals surface area contributed by atoms with E-state index in [1.54, 1.807) is 42.9 Å². The van der Waals surface area contributed by atoms with E-state index in [-0.39, 0.29) is 18.1 Å². The summed E-state index contributed by atoms with van der Waals surface area (Å²) in [6, 6.07) is 7.76. The predicted octanol–water partition coefficient (Wildman–Crippen LogP) is 3.55. The second-order valence-corrected chi connectivity index (χ2v) is 9.00. The highest BCUT2D eigenvalue weighted by Gasteiger charge is 2.18. The van der Waals surface area contributed by atoms with E-state index in [1.165, 1.54) is 19.3 Å². The zero-order chi connectivity index (χ0) is 25.8. The maximum absolute atomic E-state index is 12.5. The van der Waals surface area contributed by atoms with Crippen LogP contribution < -0.4 is 11.1 Å². The molecule has 2 aromatic heterocycles. The van der Waals surface area contributed by atoms with Gasteiger partial charge in [-0.25, -0.2) is 0 Å². The van der Waals surface area contributed by atoms with Crippen LogP contribution in [0.1, 0.15) is 63.1 Å². The first-order chi connectivity index (χ1) is 17.5. The van der Waals surface area contributed by atoms with Crippen LogP contribution in [0.2, 0.25) is 0 Å². The molecule has 0 aliphatic carbocycles. The van der Waals surface area contributed by atoms with Crippen molar-refractivity contribution in [1.29, 1.82) is 0 Å². The summed E-state index contributed by atoms with van der Waals surface area (Å²) in [5.74, 6) is -0.643. The largest absolute Gasteiger partial charge is 0.508 e. The number of unbranched alkanes of at least 4 members (excludes halogenated alkanes) is 4. The lowest BCUT2D eigenvalue weighted by molar-refractivity contribution is -0.127. The Morgan fingerprint density at radius 1 is 1.06 bits per heavy atom. The monoisotopic (exact) mass is 492 g/mol. The van der Waals surface area contributed by atoms with Crippen molar-refractivity contribution in [2.45, 2.75) is 77.3 Å². The summed E-state index contributed by atoms with van der Waals surface area (Å²) in [6.07, 6.45) is 12.5. The molecule has 0 saturated heterocycles. The van der Waals surface area contributed by atoms with Crippen molar-refractivity contribution in [2.75, 3.05) is 0 Å². The molecule has 3 aromatic rings. The number of carbonyl (C=O) groups excluding carboxylic acids is 2. The second-order valence-electron chi connectivity index (χ2n) is 9.00. The number of carbonyl (C=O) groups is 2. The maximum Gasteiger partial charge on any atom is 0.240 e. The molecule has 192 valence electrons. The van der Waals surface area contributed by atoms with Gasteiger partial charge in [0, 0.05) is 37.5 Å². The van der Waals surface area contributed by atoms with Crippen molar-refractivity contribution in [3.8, 4) is 17.1 Å². The number of benzene rings is 1. The molecule has 2 amide bonds. The summed E-state index contributed by atoms with van der Waals surface area (Å²) in [5.41, 5.74) is 8.98. The molecule has 0 aliphatic rings. The molecule has 4 N–H and O–H groups in total. The van der Waals surface area contributed by atoms with Crippen molar-refractivity contribution in [3.63, 3.8) is 0 Å². The summed E-state index contributed by atoms with van der Waals surface area (Å²) >= 11 is 0. The van der Waals surface area contributed by atoms with Crippen molar-refractivity contribution < 1.29 is 14.7 Å². The van der Waals surface area contributed by atoms with E-state index in [2.05, 4.69) is 33.0 Å². The molecule has 36 heavy (non-hydrogen) atoms. The van der Waals surface area contributed by atoms with Crippen LogP contribution >= 0.6 is 0 Å². The normalized spacial score (nSPS) is 11.8. The molecule has 0 fully saturated rings. The third-order valence-corrected chi connectivity index (χ3v) is 6.05. The van der Waals surface area contributed by atoms with Gasteiger partial charge in [0.25, 0.3) is 0 Å². The number of aromatic hydroxyl groups is 1. The molecule has 0 unspecified atom stereocenters. The molecule has 0 aliphatic heterocycles. The van der Waals surface area contributed by atoms with E-state index in [9.17, 15) is 14.7 Å². The molecule has 9 heteroatoms. The number of phenolic OH excluding ortho intramolecular Hbond substituents is 1. The molecule has 0 bridgehead atoms. The minimum Gasteiger partial charge on any atom is -0.508 e. The topological polar surface area (TPSA) is 136 Å². The average Bonchev–Trinajstić information content (AvgIpc) is 3.29. The number of amides is 2. The lowest BCUT2D eigenvalue weighted by Gasteiger charge is -2.15. The van der Waals surface area contributed by atoms with Gasteiger partial charge >= 0.3 is 0 Å². The molecule has 0 radical (unpaired) electrons. The fraction of sp³-hybridized carbons (Fsp3) is 0.444. The van der Waals surface area contributed by atoms with Gasteiger partial charge in [-0.3, -0.25) is 24.2 Å². The lowest BCUT2D eigenvalue weighted by atomic mass is 10.0. The number of nitrogens with one attached hydrogen (secondary N) is 1. The molecule has 2 heterocycles. The van der Waals surface area contributed by atoms with Gasteiger partial charge in [0.15, 0.2) is 0 Å². The highest BCUT2D eigenvalue weighted by molar-refractivity contribution is 5.86. The van der Waals surface area contributed by atoms with Crippen LogP contribution in [0.25, 0.3) is 11.4 Å². The fourth-order valence-corrected chi connectivity index (χ4v) is 4.04. The van der Waals surface area contributed by atoms with Crippen LogP contribution in [-0.2, 0) is 29.0 Å². The van der Waals surface area contributed by atoms with E-state index in [0.717, 1.165) is 48.5 Å². The first-order valence-electron chi connectivity index (χ1n) is 12.7. The zero-order valence-electron chi connectivity index (χ0n) is 20.9. The van der Waals surface area contributed by atoms with Gasteiger partial charge in [-0.05, 0) is 49.4 Å². The van der Waals surface area contributed by atoms with Crippen molar-refractivity contribution in [3.05, 3.63) is 60.2 Å².